The first kappa shape index (κ1) is 19.6. The van der Waals surface area contributed by atoms with Crippen molar-refractivity contribution in [2.45, 2.75) is 31.2 Å². The Morgan fingerprint density at radius 1 is 1.20 bits per heavy atom. The van der Waals surface area contributed by atoms with Gasteiger partial charge in [-0.25, -0.2) is 12.8 Å². The number of amides is 1. The minimum absolute atomic E-state index is 0.289. The number of sulfonamides is 1. The van der Waals surface area contributed by atoms with Crippen molar-refractivity contribution >= 4 is 27.3 Å². The first-order valence-corrected chi connectivity index (χ1v) is 10.2. The van der Waals surface area contributed by atoms with Gasteiger partial charge in [0, 0.05) is 11.4 Å². The van der Waals surface area contributed by atoms with Crippen LogP contribution in [0, 0.1) is 11.7 Å². The molecule has 0 bridgehead atoms. The molecule has 0 spiro atoms. The molecule has 0 unspecified atom stereocenters. The molecular formula is C17H21FN2O3S2. The second kappa shape index (κ2) is 8.55. The topological polar surface area (TPSA) is 75.3 Å². The quantitative estimate of drug-likeness (QED) is 0.734. The van der Waals surface area contributed by atoms with Crippen LogP contribution >= 0.6 is 11.3 Å². The van der Waals surface area contributed by atoms with Crippen LogP contribution < -0.4 is 10.0 Å². The Morgan fingerprint density at radius 3 is 2.52 bits per heavy atom. The summed E-state index contributed by atoms with van der Waals surface area (Å²) in [6.07, 6.45) is 0.675. The lowest BCUT2D eigenvalue weighted by Crippen LogP contribution is -2.50. The van der Waals surface area contributed by atoms with Gasteiger partial charge in [-0.3, -0.25) is 4.79 Å². The van der Waals surface area contributed by atoms with Gasteiger partial charge in [0.25, 0.3) is 0 Å². The summed E-state index contributed by atoms with van der Waals surface area (Å²) < 4.78 is 40.9. The molecule has 5 nitrogen and oxygen atoms in total. The van der Waals surface area contributed by atoms with Crippen LogP contribution in [0.15, 0.2) is 46.7 Å². The van der Waals surface area contributed by atoms with Crippen molar-refractivity contribution in [3.8, 4) is 0 Å². The number of benzene rings is 1. The fraction of sp³-hybridized carbons (Fsp3) is 0.353. The Labute approximate surface area is 151 Å². The molecule has 1 heterocycles. The Hall–Kier alpha value is -1.77. The van der Waals surface area contributed by atoms with E-state index in [1.54, 1.807) is 25.2 Å². The molecule has 0 aliphatic rings. The van der Waals surface area contributed by atoms with Gasteiger partial charge in [-0.1, -0.05) is 32.0 Å². The van der Waals surface area contributed by atoms with E-state index in [1.807, 2.05) is 17.5 Å². The number of nitrogens with one attached hydrogen (secondary N) is 2. The van der Waals surface area contributed by atoms with Crippen LogP contribution in [-0.2, 0) is 21.2 Å². The Morgan fingerprint density at radius 2 is 1.92 bits per heavy atom. The van der Waals surface area contributed by atoms with Crippen LogP contribution in [0.4, 0.5) is 4.39 Å². The molecule has 1 amide bonds. The van der Waals surface area contributed by atoms with Gasteiger partial charge in [0.2, 0.25) is 15.9 Å². The Bertz CT molecular complexity index is 805. The van der Waals surface area contributed by atoms with Crippen molar-refractivity contribution in [2.75, 3.05) is 6.54 Å². The number of rotatable bonds is 8. The molecule has 0 aliphatic carbocycles. The summed E-state index contributed by atoms with van der Waals surface area (Å²) in [5, 5.41) is 4.69. The van der Waals surface area contributed by atoms with Crippen molar-refractivity contribution in [1.29, 1.82) is 0 Å². The summed E-state index contributed by atoms with van der Waals surface area (Å²) in [5.74, 6) is -1.56. The lowest BCUT2D eigenvalue weighted by Gasteiger charge is -2.21. The number of carbonyl (C=O) groups is 1. The molecule has 0 fully saturated rings. The molecule has 0 radical (unpaired) electrons. The molecule has 1 aromatic heterocycles. The smallest absolute Gasteiger partial charge is 0.244 e. The summed E-state index contributed by atoms with van der Waals surface area (Å²) in [6.45, 7) is 3.87. The fourth-order valence-electron chi connectivity index (χ4n) is 2.26. The van der Waals surface area contributed by atoms with E-state index in [2.05, 4.69) is 10.0 Å². The van der Waals surface area contributed by atoms with Gasteiger partial charge in [0.15, 0.2) is 0 Å². The van der Waals surface area contributed by atoms with Gasteiger partial charge < -0.3 is 5.32 Å². The molecule has 2 aromatic rings. The van der Waals surface area contributed by atoms with Gasteiger partial charge in [0.1, 0.15) is 16.8 Å². The maximum absolute atomic E-state index is 13.8. The molecular weight excluding hydrogens is 363 g/mol. The molecule has 0 saturated heterocycles. The molecule has 2 rings (SSSR count). The van der Waals surface area contributed by atoms with E-state index in [1.165, 1.54) is 18.2 Å². The zero-order chi connectivity index (χ0) is 18.4. The molecule has 1 aromatic carbocycles. The summed E-state index contributed by atoms with van der Waals surface area (Å²) in [7, 11) is -4.13. The minimum Gasteiger partial charge on any atom is -0.354 e. The minimum atomic E-state index is -4.13. The number of carbonyl (C=O) groups excluding carboxylic acids is 1. The van der Waals surface area contributed by atoms with E-state index < -0.39 is 32.7 Å². The lowest BCUT2D eigenvalue weighted by molar-refractivity contribution is -0.123. The zero-order valence-corrected chi connectivity index (χ0v) is 15.7. The fourth-order valence-corrected chi connectivity index (χ4v) is 4.39. The molecule has 136 valence electrons. The van der Waals surface area contributed by atoms with Crippen molar-refractivity contribution in [2.24, 2.45) is 5.92 Å². The van der Waals surface area contributed by atoms with Gasteiger partial charge in [-0.15, -0.1) is 11.3 Å². The normalized spacial score (nSPS) is 13.0. The van der Waals surface area contributed by atoms with Crippen molar-refractivity contribution in [3.63, 3.8) is 0 Å². The first-order chi connectivity index (χ1) is 11.8. The van der Waals surface area contributed by atoms with Crippen LogP contribution in [0.25, 0.3) is 0 Å². The van der Waals surface area contributed by atoms with Gasteiger partial charge in [0.05, 0.1) is 0 Å². The predicted octanol–water partition coefficient (Wildman–Crippen LogP) is 2.55. The summed E-state index contributed by atoms with van der Waals surface area (Å²) in [4.78, 5) is 13.0. The van der Waals surface area contributed by atoms with E-state index in [0.29, 0.717) is 13.0 Å². The van der Waals surface area contributed by atoms with Crippen LogP contribution in [-0.4, -0.2) is 26.9 Å². The number of hydrogen-bond acceptors (Lipinski definition) is 4. The molecule has 0 saturated carbocycles. The van der Waals surface area contributed by atoms with Gasteiger partial charge in [-0.05, 0) is 35.9 Å². The van der Waals surface area contributed by atoms with Gasteiger partial charge >= 0.3 is 0 Å². The summed E-state index contributed by atoms with van der Waals surface area (Å²) in [6, 6.07) is 8.00. The Balaban J connectivity index is 2.04. The van der Waals surface area contributed by atoms with Crippen LogP contribution in [0.1, 0.15) is 18.7 Å². The maximum Gasteiger partial charge on any atom is 0.244 e. The summed E-state index contributed by atoms with van der Waals surface area (Å²) in [5.41, 5.74) is 0. The average Bonchev–Trinajstić information content (AvgIpc) is 3.06. The third-order valence-electron chi connectivity index (χ3n) is 3.61. The van der Waals surface area contributed by atoms with Crippen molar-refractivity contribution < 1.29 is 17.6 Å². The second-order valence-corrected chi connectivity index (χ2v) is 8.61. The predicted molar refractivity (Wildman–Crippen MR) is 96.4 cm³/mol. The monoisotopic (exact) mass is 384 g/mol. The van der Waals surface area contributed by atoms with Crippen molar-refractivity contribution in [1.82, 2.24) is 10.0 Å². The highest BCUT2D eigenvalue weighted by molar-refractivity contribution is 7.89. The number of thiophene rings is 1. The third kappa shape index (κ3) is 5.35. The van der Waals surface area contributed by atoms with Crippen molar-refractivity contribution in [3.05, 3.63) is 52.5 Å². The highest BCUT2D eigenvalue weighted by atomic mass is 32.2. The van der Waals surface area contributed by atoms with Crippen LogP contribution in [0.3, 0.4) is 0 Å². The largest absolute Gasteiger partial charge is 0.354 e. The molecule has 8 heteroatoms. The summed E-state index contributed by atoms with van der Waals surface area (Å²) >= 11 is 1.59. The third-order valence-corrected chi connectivity index (χ3v) is 6.02. The first-order valence-electron chi connectivity index (χ1n) is 7.88. The van der Waals surface area contributed by atoms with E-state index in [-0.39, 0.29) is 5.92 Å². The van der Waals surface area contributed by atoms with E-state index >= 15 is 0 Å². The molecule has 0 aliphatic heterocycles. The number of hydrogen-bond donors (Lipinski definition) is 2. The molecule has 1 atom stereocenters. The zero-order valence-electron chi connectivity index (χ0n) is 14.0. The van der Waals surface area contributed by atoms with E-state index in [9.17, 15) is 17.6 Å². The SMILES string of the molecule is CC(C)[C@@H](NS(=O)(=O)c1ccccc1F)C(=O)NCCc1cccs1. The molecule has 2 N–H and O–H groups in total. The maximum atomic E-state index is 13.8. The van der Waals surface area contributed by atoms with Crippen LogP contribution in [0.2, 0.25) is 0 Å². The average molecular weight is 384 g/mol. The highest BCUT2D eigenvalue weighted by Crippen LogP contribution is 2.15. The van der Waals surface area contributed by atoms with E-state index in [0.717, 1.165) is 10.9 Å². The second-order valence-electron chi connectivity index (χ2n) is 5.89. The van der Waals surface area contributed by atoms with Gasteiger partial charge in [-0.2, -0.15) is 4.72 Å². The lowest BCUT2D eigenvalue weighted by atomic mass is 10.1. The van der Waals surface area contributed by atoms with Crippen LogP contribution in [0.5, 0.6) is 0 Å². The standard InChI is InChI=1S/C17H21FN2O3S2/c1-12(2)16(17(21)19-10-9-13-6-5-11-24-13)20-25(22,23)15-8-4-3-7-14(15)18/h3-8,11-12,16,20H,9-10H2,1-2H3,(H,19,21)/t16-/m1/s1. The highest BCUT2D eigenvalue weighted by Gasteiger charge is 2.29. The van der Waals surface area contributed by atoms with E-state index in [4.69, 9.17) is 0 Å². The number of halogens is 1. The molecule has 25 heavy (non-hydrogen) atoms. The Kier molecular flexibility index (Phi) is 6.69.